The number of nitrogens with zero attached hydrogens (tertiary/aromatic N) is 2. The highest BCUT2D eigenvalue weighted by Gasteiger charge is 2.49. The summed E-state index contributed by atoms with van der Waals surface area (Å²) in [6.07, 6.45) is 2.71. The second kappa shape index (κ2) is 11.7. The van der Waals surface area contributed by atoms with Crippen molar-refractivity contribution in [3.63, 3.8) is 0 Å². The highest BCUT2D eigenvalue weighted by Crippen LogP contribution is 2.38. The van der Waals surface area contributed by atoms with Crippen LogP contribution in [0.3, 0.4) is 0 Å². The first kappa shape index (κ1) is 27.0. The molecule has 2 aliphatic heterocycles. The second-order valence-corrected chi connectivity index (χ2v) is 10.0. The van der Waals surface area contributed by atoms with Crippen LogP contribution >= 0.6 is 0 Å². The first-order chi connectivity index (χ1) is 19.4. The highest BCUT2D eigenvalue weighted by molar-refractivity contribution is 6.02. The Morgan fingerprint density at radius 1 is 1.10 bits per heavy atom. The molecule has 0 spiro atoms. The first-order valence-corrected chi connectivity index (χ1v) is 13.2. The molecular formula is C29H32N4O7. The van der Waals surface area contributed by atoms with Gasteiger partial charge in [0, 0.05) is 30.7 Å². The SMILES string of the molecule is C=CCN1C(=O)C2CCC(C(=O)NCc3ccc4c(c3)OCO4)CC2N(CC(=O)Nc2ccc(OC)cc2)C1=O. The number of benzene rings is 2. The third-order valence-electron chi connectivity index (χ3n) is 7.55. The van der Waals surface area contributed by atoms with Crippen LogP contribution in [0, 0.1) is 11.8 Å². The van der Waals surface area contributed by atoms with Gasteiger partial charge in [-0.1, -0.05) is 12.1 Å². The van der Waals surface area contributed by atoms with E-state index >= 15 is 0 Å². The zero-order valence-corrected chi connectivity index (χ0v) is 22.3. The summed E-state index contributed by atoms with van der Waals surface area (Å²) in [7, 11) is 1.55. The Bertz CT molecular complexity index is 1310. The van der Waals surface area contributed by atoms with Gasteiger partial charge in [-0.3, -0.25) is 19.3 Å². The van der Waals surface area contributed by atoms with Crippen molar-refractivity contribution in [1.82, 2.24) is 15.1 Å². The van der Waals surface area contributed by atoms with E-state index in [2.05, 4.69) is 17.2 Å². The molecule has 2 fully saturated rings. The zero-order valence-electron chi connectivity index (χ0n) is 22.3. The van der Waals surface area contributed by atoms with Crippen molar-refractivity contribution in [2.75, 3.05) is 32.3 Å². The van der Waals surface area contributed by atoms with E-state index in [4.69, 9.17) is 14.2 Å². The summed E-state index contributed by atoms with van der Waals surface area (Å²) in [5.74, 6) is 0.197. The molecule has 1 saturated carbocycles. The Morgan fingerprint density at radius 3 is 2.62 bits per heavy atom. The predicted octanol–water partition coefficient (Wildman–Crippen LogP) is 2.91. The molecule has 2 heterocycles. The van der Waals surface area contributed by atoms with Crippen LogP contribution in [0.25, 0.3) is 0 Å². The number of carbonyl (C=O) groups is 4. The molecule has 11 nitrogen and oxygen atoms in total. The smallest absolute Gasteiger partial charge is 0.327 e. The van der Waals surface area contributed by atoms with Gasteiger partial charge in [0.05, 0.1) is 13.0 Å². The molecule has 3 atom stereocenters. The molecule has 2 aromatic rings. The van der Waals surface area contributed by atoms with Gasteiger partial charge in [-0.05, 0) is 61.2 Å². The quantitative estimate of drug-likeness (QED) is 0.462. The summed E-state index contributed by atoms with van der Waals surface area (Å²) >= 11 is 0. The third kappa shape index (κ3) is 5.58. The van der Waals surface area contributed by atoms with E-state index in [1.165, 1.54) is 11.0 Å². The Labute approximate surface area is 232 Å². The molecule has 40 heavy (non-hydrogen) atoms. The van der Waals surface area contributed by atoms with Crippen LogP contribution in [0.15, 0.2) is 55.1 Å². The van der Waals surface area contributed by atoms with Gasteiger partial charge in [-0.15, -0.1) is 6.58 Å². The topological polar surface area (TPSA) is 127 Å². The summed E-state index contributed by atoms with van der Waals surface area (Å²) in [6, 6.07) is 11.2. The zero-order chi connectivity index (χ0) is 28.2. The number of fused-ring (bicyclic) bond motifs is 2. The van der Waals surface area contributed by atoms with E-state index in [-0.39, 0.29) is 38.1 Å². The monoisotopic (exact) mass is 548 g/mol. The van der Waals surface area contributed by atoms with Crippen LogP contribution in [0.2, 0.25) is 0 Å². The molecule has 210 valence electrons. The lowest BCUT2D eigenvalue weighted by atomic mass is 9.75. The minimum absolute atomic E-state index is 0.0525. The van der Waals surface area contributed by atoms with Gasteiger partial charge < -0.3 is 29.7 Å². The van der Waals surface area contributed by atoms with Crippen molar-refractivity contribution in [2.24, 2.45) is 11.8 Å². The number of hydrogen-bond acceptors (Lipinski definition) is 7. The molecule has 11 heteroatoms. The lowest BCUT2D eigenvalue weighted by Crippen LogP contribution is -2.64. The molecule has 2 N–H and O–H groups in total. The van der Waals surface area contributed by atoms with Gasteiger partial charge in [-0.25, -0.2) is 4.79 Å². The Hall–Kier alpha value is -4.54. The fourth-order valence-corrected chi connectivity index (χ4v) is 5.50. The summed E-state index contributed by atoms with van der Waals surface area (Å²) in [6.45, 7) is 3.94. The van der Waals surface area contributed by atoms with E-state index < -0.39 is 29.8 Å². The van der Waals surface area contributed by atoms with Gasteiger partial charge in [0.25, 0.3) is 0 Å². The number of urea groups is 1. The number of ether oxygens (including phenoxy) is 3. The van der Waals surface area contributed by atoms with Gasteiger partial charge in [0.2, 0.25) is 24.5 Å². The van der Waals surface area contributed by atoms with Crippen LogP contribution in [0.5, 0.6) is 17.2 Å². The maximum atomic E-state index is 13.4. The standard InChI is InChI=1S/C29H32N4O7/c1-3-12-32-28(36)22-10-5-19(27(35)30-15-18-4-11-24-25(13-18)40-17-39-24)14-23(22)33(29(32)37)16-26(34)31-20-6-8-21(38-2)9-7-20/h3-4,6-9,11,13,19,22-23H,1,5,10,12,14-17H2,2H3,(H,30,35)(H,31,34). The minimum atomic E-state index is -0.572. The molecule has 3 unspecified atom stereocenters. The molecule has 1 saturated heterocycles. The number of anilines is 1. The molecule has 1 aliphatic carbocycles. The number of nitrogens with one attached hydrogen (secondary N) is 2. The van der Waals surface area contributed by atoms with Crippen molar-refractivity contribution in [1.29, 1.82) is 0 Å². The van der Waals surface area contributed by atoms with E-state index in [1.54, 1.807) is 37.4 Å². The van der Waals surface area contributed by atoms with Crippen LogP contribution in [-0.2, 0) is 20.9 Å². The number of amides is 5. The van der Waals surface area contributed by atoms with Crippen LogP contribution in [0.4, 0.5) is 10.5 Å². The molecule has 0 aromatic heterocycles. The normalized spacial score (nSPS) is 21.5. The lowest BCUT2D eigenvalue weighted by molar-refractivity contribution is -0.144. The molecule has 5 amide bonds. The predicted molar refractivity (Wildman–Crippen MR) is 145 cm³/mol. The highest BCUT2D eigenvalue weighted by atomic mass is 16.7. The van der Waals surface area contributed by atoms with Gasteiger partial charge >= 0.3 is 6.03 Å². The Balaban J connectivity index is 1.27. The summed E-state index contributed by atoms with van der Waals surface area (Å²) in [5.41, 5.74) is 1.42. The summed E-state index contributed by atoms with van der Waals surface area (Å²) in [4.78, 5) is 55.3. The van der Waals surface area contributed by atoms with E-state index in [1.807, 2.05) is 12.1 Å². The molecule has 0 bridgehead atoms. The summed E-state index contributed by atoms with van der Waals surface area (Å²) in [5, 5.41) is 5.76. The molecule has 2 aromatic carbocycles. The molecular weight excluding hydrogens is 516 g/mol. The number of methoxy groups -OCH3 is 1. The third-order valence-corrected chi connectivity index (χ3v) is 7.55. The fourth-order valence-electron chi connectivity index (χ4n) is 5.50. The summed E-state index contributed by atoms with van der Waals surface area (Å²) < 4.78 is 15.9. The van der Waals surface area contributed by atoms with Gasteiger partial charge in [-0.2, -0.15) is 0 Å². The largest absolute Gasteiger partial charge is 0.497 e. The van der Waals surface area contributed by atoms with Crippen molar-refractivity contribution in [3.05, 3.63) is 60.7 Å². The molecule has 5 rings (SSSR count). The van der Waals surface area contributed by atoms with Crippen molar-refractivity contribution < 1.29 is 33.4 Å². The van der Waals surface area contributed by atoms with Gasteiger partial charge in [0.1, 0.15) is 12.3 Å². The first-order valence-electron chi connectivity index (χ1n) is 13.2. The average molecular weight is 549 g/mol. The minimum Gasteiger partial charge on any atom is -0.497 e. The van der Waals surface area contributed by atoms with Crippen molar-refractivity contribution in [3.8, 4) is 17.2 Å². The van der Waals surface area contributed by atoms with E-state index in [9.17, 15) is 19.2 Å². The maximum Gasteiger partial charge on any atom is 0.327 e. The number of hydrogen-bond donors (Lipinski definition) is 2. The van der Waals surface area contributed by atoms with Crippen LogP contribution in [-0.4, -0.2) is 66.6 Å². The number of rotatable bonds is 9. The molecule has 0 radical (unpaired) electrons. The van der Waals surface area contributed by atoms with E-state index in [0.717, 1.165) is 10.5 Å². The lowest BCUT2D eigenvalue weighted by Gasteiger charge is -2.47. The fraction of sp³-hybridized carbons (Fsp3) is 0.379. The maximum absolute atomic E-state index is 13.4. The Kier molecular flexibility index (Phi) is 7.90. The van der Waals surface area contributed by atoms with E-state index in [0.29, 0.717) is 42.3 Å². The number of carbonyl (C=O) groups excluding carboxylic acids is 4. The average Bonchev–Trinajstić information content (AvgIpc) is 3.44. The van der Waals surface area contributed by atoms with Crippen molar-refractivity contribution in [2.45, 2.75) is 31.8 Å². The van der Waals surface area contributed by atoms with Crippen LogP contribution in [0.1, 0.15) is 24.8 Å². The van der Waals surface area contributed by atoms with Gasteiger partial charge in [0.15, 0.2) is 11.5 Å². The Morgan fingerprint density at radius 2 is 1.88 bits per heavy atom. The second-order valence-electron chi connectivity index (χ2n) is 10.0. The molecule has 3 aliphatic rings. The van der Waals surface area contributed by atoms with Crippen molar-refractivity contribution >= 4 is 29.4 Å². The number of imide groups is 1. The van der Waals surface area contributed by atoms with Crippen LogP contribution < -0.4 is 24.8 Å².